The van der Waals surface area contributed by atoms with Crippen molar-refractivity contribution in [2.24, 2.45) is 5.92 Å². The summed E-state index contributed by atoms with van der Waals surface area (Å²) in [5, 5.41) is 18.1. The quantitative estimate of drug-likeness (QED) is 0.870. The molecule has 1 aromatic heterocycles. The van der Waals surface area contributed by atoms with Crippen molar-refractivity contribution in [3.8, 4) is 6.07 Å². The first-order valence-corrected chi connectivity index (χ1v) is 6.66. The van der Waals surface area contributed by atoms with Gasteiger partial charge in [-0.3, -0.25) is 0 Å². The van der Waals surface area contributed by atoms with Crippen LogP contribution in [-0.4, -0.2) is 29.1 Å². The van der Waals surface area contributed by atoms with E-state index in [1.807, 2.05) is 18.7 Å². The SMILES string of the molecule is CC(C)CN(CCC#N)c1nc(Cl)c(C(=O)O)s1. The van der Waals surface area contributed by atoms with Gasteiger partial charge in [0.25, 0.3) is 0 Å². The molecule has 1 heterocycles. The first-order chi connectivity index (χ1) is 8.45. The molecule has 0 spiro atoms. The van der Waals surface area contributed by atoms with Crippen LogP contribution in [0.25, 0.3) is 0 Å². The summed E-state index contributed by atoms with van der Waals surface area (Å²) in [5.74, 6) is -0.687. The van der Waals surface area contributed by atoms with Gasteiger partial charge in [-0.1, -0.05) is 36.8 Å². The Morgan fingerprint density at radius 1 is 1.67 bits per heavy atom. The van der Waals surface area contributed by atoms with Gasteiger partial charge in [0.1, 0.15) is 0 Å². The maximum absolute atomic E-state index is 10.9. The number of rotatable bonds is 6. The van der Waals surface area contributed by atoms with Crippen LogP contribution < -0.4 is 4.90 Å². The number of carboxylic acids is 1. The van der Waals surface area contributed by atoms with Gasteiger partial charge in [-0.15, -0.1) is 0 Å². The van der Waals surface area contributed by atoms with Crippen LogP contribution in [0.3, 0.4) is 0 Å². The van der Waals surface area contributed by atoms with Crippen LogP contribution in [0, 0.1) is 17.2 Å². The average molecular weight is 288 g/mol. The molecule has 0 fully saturated rings. The Bertz CT molecular complexity index is 467. The minimum atomic E-state index is -1.08. The Balaban J connectivity index is 2.94. The molecule has 0 unspecified atom stereocenters. The number of hydrogen-bond acceptors (Lipinski definition) is 5. The summed E-state index contributed by atoms with van der Waals surface area (Å²) in [5.41, 5.74) is 0. The third-order valence-corrected chi connectivity index (χ3v) is 3.61. The molecular formula is C11H14ClN3O2S. The Morgan fingerprint density at radius 2 is 2.33 bits per heavy atom. The average Bonchev–Trinajstić information content (AvgIpc) is 2.66. The summed E-state index contributed by atoms with van der Waals surface area (Å²) in [6.07, 6.45) is 0.367. The summed E-state index contributed by atoms with van der Waals surface area (Å²) < 4.78 is 0. The number of aromatic carboxylic acids is 1. The van der Waals surface area contributed by atoms with Gasteiger partial charge in [-0.25, -0.2) is 9.78 Å². The van der Waals surface area contributed by atoms with E-state index in [1.165, 1.54) is 0 Å². The first kappa shape index (κ1) is 14.7. The zero-order valence-electron chi connectivity index (χ0n) is 10.2. The van der Waals surface area contributed by atoms with Crippen LogP contribution in [0.4, 0.5) is 5.13 Å². The van der Waals surface area contributed by atoms with Crippen LogP contribution in [0.5, 0.6) is 0 Å². The van der Waals surface area contributed by atoms with Gasteiger partial charge in [-0.05, 0) is 5.92 Å². The zero-order chi connectivity index (χ0) is 13.7. The number of carbonyl (C=O) groups is 1. The summed E-state index contributed by atoms with van der Waals surface area (Å²) in [4.78, 5) is 16.9. The van der Waals surface area contributed by atoms with Gasteiger partial charge < -0.3 is 10.0 Å². The fourth-order valence-electron chi connectivity index (χ4n) is 1.45. The molecule has 0 bridgehead atoms. The predicted molar refractivity (Wildman–Crippen MR) is 71.4 cm³/mol. The molecule has 1 rings (SSSR count). The highest BCUT2D eigenvalue weighted by Gasteiger charge is 2.19. The lowest BCUT2D eigenvalue weighted by molar-refractivity contribution is 0.0702. The minimum absolute atomic E-state index is 0.00761. The van der Waals surface area contributed by atoms with Gasteiger partial charge in [0.2, 0.25) is 0 Å². The molecule has 0 aliphatic rings. The van der Waals surface area contributed by atoms with Crippen LogP contribution in [-0.2, 0) is 0 Å². The smallest absolute Gasteiger partial charge is 0.349 e. The fraction of sp³-hybridized carbons (Fsp3) is 0.545. The topological polar surface area (TPSA) is 77.2 Å². The largest absolute Gasteiger partial charge is 0.477 e. The van der Waals surface area contributed by atoms with E-state index in [4.69, 9.17) is 22.0 Å². The molecule has 0 amide bonds. The first-order valence-electron chi connectivity index (χ1n) is 5.47. The zero-order valence-corrected chi connectivity index (χ0v) is 11.8. The molecule has 0 saturated carbocycles. The van der Waals surface area contributed by atoms with Crippen molar-refractivity contribution >= 4 is 34.0 Å². The monoisotopic (exact) mass is 287 g/mol. The second-order valence-electron chi connectivity index (χ2n) is 4.17. The molecule has 98 valence electrons. The molecular weight excluding hydrogens is 274 g/mol. The number of thiazole rings is 1. The Labute approximate surface area is 115 Å². The minimum Gasteiger partial charge on any atom is -0.477 e. The maximum atomic E-state index is 10.9. The van der Waals surface area contributed by atoms with E-state index in [1.54, 1.807) is 0 Å². The molecule has 0 radical (unpaired) electrons. The second-order valence-corrected chi connectivity index (χ2v) is 5.51. The third kappa shape index (κ3) is 3.86. The normalized spacial score (nSPS) is 10.4. The van der Waals surface area contributed by atoms with E-state index in [2.05, 4.69) is 11.1 Å². The molecule has 7 heteroatoms. The van der Waals surface area contributed by atoms with E-state index >= 15 is 0 Å². The Morgan fingerprint density at radius 3 is 2.78 bits per heavy atom. The highest BCUT2D eigenvalue weighted by atomic mass is 35.5. The van der Waals surface area contributed by atoms with E-state index in [0.29, 0.717) is 30.6 Å². The summed E-state index contributed by atoms with van der Waals surface area (Å²) in [6.45, 7) is 5.33. The summed E-state index contributed by atoms with van der Waals surface area (Å²) >= 11 is 6.82. The van der Waals surface area contributed by atoms with Gasteiger partial charge in [0.15, 0.2) is 15.2 Å². The molecule has 0 atom stereocenters. The second kappa shape index (κ2) is 6.57. The van der Waals surface area contributed by atoms with Crippen LogP contribution in [0.2, 0.25) is 5.15 Å². The molecule has 0 aliphatic heterocycles. The molecule has 18 heavy (non-hydrogen) atoms. The van der Waals surface area contributed by atoms with E-state index in [9.17, 15) is 4.79 Å². The van der Waals surface area contributed by atoms with E-state index < -0.39 is 5.97 Å². The molecule has 1 aromatic rings. The van der Waals surface area contributed by atoms with Gasteiger partial charge in [-0.2, -0.15) is 5.26 Å². The predicted octanol–water partition coefficient (Wildman–Crippen LogP) is 2.87. The van der Waals surface area contributed by atoms with Crippen molar-refractivity contribution in [3.05, 3.63) is 10.0 Å². The van der Waals surface area contributed by atoms with Crippen LogP contribution >= 0.6 is 22.9 Å². The maximum Gasteiger partial charge on any atom is 0.349 e. The summed E-state index contributed by atoms with van der Waals surface area (Å²) in [6, 6.07) is 2.07. The highest BCUT2D eigenvalue weighted by molar-refractivity contribution is 7.18. The highest BCUT2D eigenvalue weighted by Crippen LogP contribution is 2.30. The fourth-order valence-corrected chi connectivity index (χ4v) is 2.61. The number of anilines is 1. The number of halogens is 1. The summed E-state index contributed by atoms with van der Waals surface area (Å²) in [7, 11) is 0. The van der Waals surface area contributed by atoms with Gasteiger partial charge >= 0.3 is 5.97 Å². The van der Waals surface area contributed by atoms with Crippen molar-refractivity contribution in [1.82, 2.24) is 4.98 Å². The van der Waals surface area contributed by atoms with Gasteiger partial charge in [0, 0.05) is 13.1 Å². The number of hydrogen-bond donors (Lipinski definition) is 1. The number of nitrogens with zero attached hydrogens (tertiary/aromatic N) is 3. The lowest BCUT2D eigenvalue weighted by atomic mass is 10.2. The van der Waals surface area contributed by atoms with E-state index in [-0.39, 0.29) is 10.0 Å². The van der Waals surface area contributed by atoms with Crippen LogP contribution in [0.1, 0.15) is 29.9 Å². The van der Waals surface area contributed by atoms with Crippen molar-refractivity contribution in [2.75, 3.05) is 18.0 Å². The molecule has 1 N–H and O–H groups in total. The molecule has 0 aliphatic carbocycles. The van der Waals surface area contributed by atoms with Crippen molar-refractivity contribution in [1.29, 1.82) is 5.26 Å². The lowest BCUT2D eigenvalue weighted by Crippen LogP contribution is -2.28. The third-order valence-electron chi connectivity index (χ3n) is 2.12. The van der Waals surface area contributed by atoms with E-state index in [0.717, 1.165) is 11.3 Å². The van der Waals surface area contributed by atoms with Crippen molar-refractivity contribution < 1.29 is 9.90 Å². The van der Waals surface area contributed by atoms with Gasteiger partial charge in [0.05, 0.1) is 12.5 Å². The Kier molecular flexibility index (Phi) is 5.38. The lowest BCUT2D eigenvalue weighted by Gasteiger charge is -2.22. The number of nitriles is 1. The number of aromatic nitrogens is 1. The Hall–Kier alpha value is -1.32. The standard InChI is InChI=1S/C11H14ClN3O2S/c1-7(2)6-15(5-3-4-13)11-14-9(12)8(18-11)10(16)17/h7H,3,5-6H2,1-2H3,(H,16,17). The molecule has 0 aromatic carbocycles. The number of carboxylic acid groups (broad SMARTS) is 1. The van der Waals surface area contributed by atoms with Crippen LogP contribution in [0.15, 0.2) is 0 Å². The molecule has 5 nitrogen and oxygen atoms in total. The molecule has 0 saturated heterocycles. The van der Waals surface area contributed by atoms with Crippen molar-refractivity contribution in [2.45, 2.75) is 20.3 Å². The van der Waals surface area contributed by atoms with Crippen molar-refractivity contribution in [3.63, 3.8) is 0 Å².